The van der Waals surface area contributed by atoms with Gasteiger partial charge in [0.1, 0.15) is 5.69 Å². The monoisotopic (exact) mass is 482 g/mol. The molecule has 9 nitrogen and oxygen atoms in total. The van der Waals surface area contributed by atoms with Gasteiger partial charge in [-0.15, -0.1) is 0 Å². The number of carbonyl (C=O) groups is 1. The van der Waals surface area contributed by atoms with Crippen molar-refractivity contribution in [2.45, 2.75) is 31.1 Å². The van der Waals surface area contributed by atoms with Gasteiger partial charge in [0.05, 0.1) is 29.6 Å². The number of hydrogen-bond donors (Lipinski definition) is 1. The van der Waals surface area contributed by atoms with Gasteiger partial charge in [0, 0.05) is 19.3 Å². The number of para-hydroxylation sites is 2. The van der Waals surface area contributed by atoms with Gasteiger partial charge >= 0.3 is 0 Å². The SMILES string of the molecule is COc1ccccc1Oc1ccc(S(=O)(=O)N2CCCCC2)cc1NC(=O)c1cnc(C)cn1. The van der Waals surface area contributed by atoms with Gasteiger partial charge < -0.3 is 14.8 Å². The molecule has 1 aliphatic rings. The van der Waals surface area contributed by atoms with Gasteiger partial charge in [-0.25, -0.2) is 13.4 Å². The van der Waals surface area contributed by atoms with Crippen LogP contribution in [0, 0.1) is 6.92 Å². The van der Waals surface area contributed by atoms with Crippen molar-refractivity contribution < 1.29 is 22.7 Å². The topological polar surface area (TPSA) is 111 Å². The summed E-state index contributed by atoms with van der Waals surface area (Å²) in [5.41, 5.74) is 0.959. The minimum Gasteiger partial charge on any atom is -0.493 e. The van der Waals surface area contributed by atoms with E-state index in [1.165, 1.54) is 42.0 Å². The molecule has 0 radical (unpaired) electrons. The van der Waals surface area contributed by atoms with Crippen LogP contribution < -0.4 is 14.8 Å². The lowest BCUT2D eigenvalue weighted by atomic mass is 10.2. The van der Waals surface area contributed by atoms with E-state index in [1.54, 1.807) is 31.2 Å². The Morgan fingerprint density at radius 3 is 2.38 bits per heavy atom. The van der Waals surface area contributed by atoms with Crippen LogP contribution in [-0.4, -0.2) is 48.8 Å². The Kier molecular flexibility index (Phi) is 7.09. The third-order valence-electron chi connectivity index (χ3n) is 5.45. The molecule has 1 fully saturated rings. The first-order valence-corrected chi connectivity index (χ1v) is 12.4. The van der Waals surface area contributed by atoms with Crippen LogP contribution in [0.5, 0.6) is 17.2 Å². The average Bonchev–Trinajstić information content (AvgIpc) is 2.86. The lowest BCUT2D eigenvalue weighted by molar-refractivity contribution is 0.102. The Labute approximate surface area is 198 Å². The van der Waals surface area contributed by atoms with Crippen LogP contribution in [0.4, 0.5) is 5.69 Å². The van der Waals surface area contributed by atoms with Gasteiger partial charge in [0.2, 0.25) is 10.0 Å². The van der Waals surface area contributed by atoms with Gasteiger partial charge in [0.15, 0.2) is 17.2 Å². The van der Waals surface area contributed by atoms with Crippen molar-refractivity contribution in [3.8, 4) is 17.2 Å². The van der Waals surface area contributed by atoms with Crippen LogP contribution in [0.25, 0.3) is 0 Å². The molecule has 0 spiro atoms. The molecule has 0 bridgehead atoms. The number of piperidine rings is 1. The van der Waals surface area contributed by atoms with Crippen molar-refractivity contribution in [2.75, 3.05) is 25.5 Å². The zero-order valence-corrected chi connectivity index (χ0v) is 19.8. The van der Waals surface area contributed by atoms with Gasteiger partial charge in [-0.05, 0) is 50.1 Å². The lowest BCUT2D eigenvalue weighted by Crippen LogP contribution is -2.35. The Hall–Kier alpha value is -3.50. The predicted octanol–water partition coefficient (Wildman–Crippen LogP) is 4.01. The number of aromatic nitrogens is 2. The first-order valence-electron chi connectivity index (χ1n) is 10.9. The second-order valence-corrected chi connectivity index (χ2v) is 9.81. The number of aryl methyl sites for hydroxylation is 1. The molecule has 1 saturated heterocycles. The molecule has 2 aromatic carbocycles. The number of hydrogen-bond acceptors (Lipinski definition) is 7. The fourth-order valence-corrected chi connectivity index (χ4v) is 5.17. The van der Waals surface area contributed by atoms with Crippen LogP contribution in [0.3, 0.4) is 0 Å². The molecule has 10 heteroatoms. The highest BCUT2D eigenvalue weighted by molar-refractivity contribution is 7.89. The molecule has 1 aromatic heterocycles. The molecule has 1 aliphatic heterocycles. The van der Waals surface area contributed by atoms with Crippen LogP contribution in [0.15, 0.2) is 59.8 Å². The normalized spacial score (nSPS) is 14.4. The number of benzene rings is 2. The fourth-order valence-electron chi connectivity index (χ4n) is 3.63. The quantitative estimate of drug-likeness (QED) is 0.542. The molecule has 178 valence electrons. The molecule has 2 heterocycles. The number of anilines is 1. The second-order valence-electron chi connectivity index (χ2n) is 7.87. The predicted molar refractivity (Wildman–Crippen MR) is 127 cm³/mol. The van der Waals surface area contributed by atoms with Crippen molar-refractivity contribution >= 4 is 21.6 Å². The molecular weight excluding hydrogens is 456 g/mol. The standard InChI is InChI=1S/C24H26N4O5S/c1-17-15-26-20(16-25-17)24(29)27-19-14-18(34(30,31)28-12-6-3-7-13-28)10-11-21(19)33-23-9-5-4-8-22(23)32-2/h4-5,8-11,14-16H,3,6-7,12-13H2,1-2H3,(H,27,29). The Morgan fingerprint density at radius 1 is 0.971 bits per heavy atom. The minimum atomic E-state index is -3.72. The molecule has 1 N–H and O–H groups in total. The van der Waals surface area contributed by atoms with Gasteiger partial charge in [-0.1, -0.05) is 18.6 Å². The zero-order valence-electron chi connectivity index (χ0n) is 19.0. The highest BCUT2D eigenvalue weighted by Gasteiger charge is 2.27. The summed E-state index contributed by atoms with van der Waals surface area (Å²) in [6.07, 6.45) is 5.50. The molecule has 0 unspecified atom stereocenters. The van der Waals surface area contributed by atoms with Crippen molar-refractivity contribution in [1.82, 2.24) is 14.3 Å². The highest BCUT2D eigenvalue weighted by atomic mass is 32.2. The van der Waals surface area contributed by atoms with Crippen LogP contribution in [-0.2, 0) is 10.0 Å². The van der Waals surface area contributed by atoms with E-state index in [9.17, 15) is 13.2 Å². The number of amides is 1. The summed E-state index contributed by atoms with van der Waals surface area (Å²) in [4.78, 5) is 21.1. The summed E-state index contributed by atoms with van der Waals surface area (Å²) in [7, 11) is -2.20. The van der Waals surface area contributed by atoms with Crippen LogP contribution in [0.1, 0.15) is 35.4 Å². The maximum atomic E-state index is 13.2. The van der Waals surface area contributed by atoms with Gasteiger partial charge in [-0.2, -0.15) is 4.31 Å². The molecular formula is C24H26N4O5S. The molecule has 1 amide bonds. The molecule has 0 aliphatic carbocycles. The Bertz CT molecular complexity index is 1270. The van der Waals surface area contributed by atoms with E-state index >= 15 is 0 Å². The summed E-state index contributed by atoms with van der Waals surface area (Å²) in [6.45, 7) is 2.72. The Balaban J connectivity index is 1.71. The van der Waals surface area contributed by atoms with Gasteiger partial charge in [-0.3, -0.25) is 9.78 Å². The second kappa shape index (κ2) is 10.2. The summed E-state index contributed by atoms with van der Waals surface area (Å²) in [6, 6.07) is 11.5. The number of sulfonamides is 1. The van der Waals surface area contributed by atoms with Crippen LogP contribution in [0.2, 0.25) is 0 Å². The molecule has 4 rings (SSSR count). The summed E-state index contributed by atoms with van der Waals surface area (Å²) in [5, 5.41) is 2.73. The minimum absolute atomic E-state index is 0.0760. The number of carbonyl (C=O) groups excluding carboxylic acids is 1. The third-order valence-corrected chi connectivity index (χ3v) is 7.35. The zero-order chi connectivity index (χ0) is 24.1. The Morgan fingerprint density at radius 2 is 1.71 bits per heavy atom. The van der Waals surface area contributed by atoms with Crippen molar-refractivity contribution in [2.24, 2.45) is 0 Å². The van der Waals surface area contributed by atoms with E-state index in [-0.39, 0.29) is 22.0 Å². The molecule has 34 heavy (non-hydrogen) atoms. The maximum absolute atomic E-state index is 13.2. The molecule has 0 atom stereocenters. The third kappa shape index (κ3) is 5.18. The van der Waals surface area contributed by atoms with Gasteiger partial charge in [0.25, 0.3) is 5.91 Å². The van der Waals surface area contributed by atoms with Crippen LogP contribution >= 0.6 is 0 Å². The lowest BCUT2D eigenvalue weighted by Gasteiger charge is -2.26. The van der Waals surface area contributed by atoms with E-state index < -0.39 is 15.9 Å². The number of ether oxygens (including phenoxy) is 2. The van der Waals surface area contributed by atoms with E-state index in [0.29, 0.717) is 30.3 Å². The maximum Gasteiger partial charge on any atom is 0.275 e. The first-order chi connectivity index (χ1) is 16.4. The van der Waals surface area contributed by atoms with E-state index in [1.807, 2.05) is 0 Å². The highest BCUT2D eigenvalue weighted by Crippen LogP contribution is 2.37. The largest absolute Gasteiger partial charge is 0.493 e. The number of rotatable bonds is 7. The van der Waals surface area contributed by atoms with E-state index in [4.69, 9.17) is 9.47 Å². The molecule has 3 aromatic rings. The van der Waals surface area contributed by atoms with E-state index in [0.717, 1.165) is 19.3 Å². The van der Waals surface area contributed by atoms with Crippen molar-refractivity contribution in [3.63, 3.8) is 0 Å². The number of nitrogens with zero attached hydrogens (tertiary/aromatic N) is 3. The first kappa shape index (κ1) is 23.7. The molecule has 0 saturated carbocycles. The summed E-state index contributed by atoms with van der Waals surface area (Å²) >= 11 is 0. The number of methoxy groups -OCH3 is 1. The summed E-state index contributed by atoms with van der Waals surface area (Å²) < 4.78 is 39.3. The number of nitrogens with one attached hydrogen (secondary N) is 1. The average molecular weight is 483 g/mol. The summed E-state index contributed by atoms with van der Waals surface area (Å²) in [5.74, 6) is 0.636. The smallest absolute Gasteiger partial charge is 0.275 e. The van der Waals surface area contributed by atoms with Crippen molar-refractivity contribution in [3.05, 3.63) is 66.2 Å². The van der Waals surface area contributed by atoms with E-state index in [2.05, 4.69) is 15.3 Å². The van der Waals surface area contributed by atoms with Crippen molar-refractivity contribution in [1.29, 1.82) is 0 Å². The fraction of sp³-hybridized carbons (Fsp3) is 0.292.